The molecule has 5 nitrogen and oxygen atoms in total. The topological polar surface area (TPSA) is 78.8 Å². The van der Waals surface area contributed by atoms with E-state index in [1.54, 1.807) is 24.3 Å². The molecule has 0 aliphatic heterocycles. The smallest absolute Gasteiger partial charge is 0.409 e. The van der Waals surface area contributed by atoms with E-state index < -0.39 is 12.9 Å². The van der Waals surface area contributed by atoms with Crippen molar-refractivity contribution in [1.29, 1.82) is 0 Å². The Morgan fingerprint density at radius 3 is 2.77 bits per heavy atom. The van der Waals surface area contributed by atoms with Gasteiger partial charge in [0.1, 0.15) is 5.75 Å². The van der Waals surface area contributed by atoms with Crippen LogP contribution in [0.25, 0.3) is 0 Å². The number of amides is 1. The number of anilines is 1. The third-order valence-electron chi connectivity index (χ3n) is 1.35. The molecule has 0 heterocycles. The van der Waals surface area contributed by atoms with E-state index in [4.69, 9.17) is 14.9 Å². The summed E-state index contributed by atoms with van der Waals surface area (Å²) in [5.41, 5.74) is 0.309. The van der Waals surface area contributed by atoms with E-state index >= 15 is 0 Å². The minimum atomic E-state index is -1.17. The van der Waals surface area contributed by atoms with Crippen molar-refractivity contribution in [2.45, 2.75) is 0 Å². The predicted octanol–water partition coefficient (Wildman–Crippen LogP) is 1.11. The lowest BCUT2D eigenvalue weighted by atomic mass is 10.3. The van der Waals surface area contributed by atoms with E-state index in [1.807, 2.05) is 0 Å². The van der Waals surface area contributed by atoms with E-state index in [2.05, 4.69) is 5.32 Å². The Morgan fingerprint density at radius 2 is 2.15 bits per heavy atom. The summed E-state index contributed by atoms with van der Waals surface area (Å²) in [7, 11) is 0. The highest BCUT2D eigenvalue weighted by atomic mass is 16.6. The number of ether oxygens (including phenoxy) is 1. The van der Waals surface area contributed by atoms with Crippen LogP contribution in [0, 0.1) is 0 Å². The number of para-hydroxylation sites is 2. The van der Waals surface area contributed by atoms with Gasteiger partial charge in [0.25, 0.3) is 0 Å². The van der Waals surface area contributed by atoms with Gasteiger partial charge in [-0.05, 0) is 12.1 Å². The summed E-state index contributed by atoms with van der Waals surface area (Å²) in [5, 5.41) is 19.0. The second-order valence-electron chi connectivity index (χ2n) is 2.20. The molecule has 1 aromatic carbocycles. The molecule has 1 rings (SSSR count). The Labute approximate surface area is 74.6 Å². The number of hydrogen-bond acceptors (Lipinski definition) is 3. The molecule has 0 radical (unpaired) electrons. The maximum Gasteiger partial charge on any atom is 0.409 e. The monoisotopic (exact) mass is 183 g/mol. The third-order valence-corrected chi connectivity index (χ3v) is 1.35. The molecule has 0 unspecified atom stereocenters. The molecular weight excluding hydrogens is 174 g/mol. The average molecular weight is 183 g/mol. The van der Waals surface area contributed by atoms with Crippen LogP contribution in [-0.2, 0) is 0 Å². The van der Waals surface area contributed by atoms with E-state index in [1.165, 1.54) is 0 Å². The molecule has 0 aliphatic rings. The summed E-state index contributed by atoms with van der Waals surface area (Å²) in [6, 6.07) is 6.44. The number of hydrogen-bond donors (Lipinski definition) is 3. The van der Waals surface area contributed by atoms with Crippen molar-refractivity contribution in [1.82, 2.24) is 0 Å². The first-order chi connectivity index (χ1) is 6.24. The van der Waals surface area contributed by atoms with Gasteiger partial charge in [0.15, 0.2) is 6.79 Å². The Balaban J connectivity index is 2.84. The second-order valence-corrected chi connectivity index (χ2v) is 2.20. The van der Waals surface area contributed by atoms with E-state index in [9.17, 15) is 4.79 Å². The zero-order chi connectivity index (χ0) is 9.68. The van der Waals surface area contributed by atoms with Crippen LogP contribution >= 0.6 is 0 Å². The van der Waals surface area contributed by atoms with E-state index in [-0.39, 0.29) is 0 Å². The number of rotatable bonds is 3. The number of carbonyl (C=O) groups is 1. The number of aliphatic hydroxyl groups is 1. The fraction of sp³-hybridized carbons (Fsp3) is 0.125. The van der Waals surface area contributed by atoms with Gasteiger partial charge in [-0.2, -0.15) is 0 Å². The zero-order valence-corrected chi connectivity index (χ0v) is 6.73. The fourth-order valence-electron chi connectivity index (χ4n) is 0.881. The van der Waals surface area contributed by atoms with Crippen molar-refractivity contribution in [2.75, 3.05) is 12.1 Å². The van der Waals surface area contributed by atoms with Crippen molar-refractivity contribution in [3.63, 3.8) is 0 Å². The number of carboxylic acid groups (broad SMARTS) is 1. The molecule has 3 N–H and O–H groups in total. The van der Waals surface area contributed by atoms with Crippen LogP contribution in [0.3, 0.4) is 0 Å². The lowest BCUT2D eigenvalue weighted by Crippen LogP contribution is -2.09. The zero-order valence-electron chi connectivity index (χ0n) is 6.73. The minimum absolute atomic E-state index is 0.299. The minimum Gasteiger partial charge on any atom is -0.466 e. The standard InChI is InChI=1S/C8H9NO4/c10-5-13-7-4-2-1-3-6(7)9-8(11)12/h1-4,9-10H,5H2,(H,11,12). The van der Waals surface area contributed by atoms with Gasteiger partial charge < -0.3 is 14.9 Å². The molecule has 0 aromatic heterocycles. The van der Waals surface area contributed by atoms with Gasteiger partial charge in [0, 0.05) is 0 Å². The van der Waals surface area contributed by atoms with Crippen LogP contribution in [0.15, 0.2) is 24.3 Å². The van der Waals surface area contributed by atoms with Crippen LogP contribution in [0.1, 0.15) is 0 Å². The highest BCUT2D eigenvalue weighted by Gasteiger charge is 2.04. The highest BCUT2D eigenvalue weighted by molar-refractivity contribution is 5.85. The van der Waals surface area contributed by atoms with Crippen molar-refractivity contribution in [2.24, 2.45) is 0 Å². The Hall–Kier alpha value is -1.75. The molecular formula is C8H9NO4. The molecule has 0 aliphatic carbocycles. The Kier molecular flexibility index (Phi) is 3.10. The Morgan fingerprint density at radius 1 is 1.46 bits per heavy atom. The maximum atomic E-state index is 10.3. The first kappa shape index (κ1) is 9.34. The van der Waals surface area contributed by atoms with Gasteiger partial charge in [-0.25, -0.2) is 4.79 Å². The van der Waals surface area contributed by atoms with Gasteiger partial charge in [-0.1, -0.05) is 12.1 Å². The molecule has 5 heteroatoms. The van der Waals surface area contributed by atoms with Crippen LogP contribution < -0.4 is 10.1 Å². The van der Waals surface area contributed by atoms with Gasteiger partial charge in [0.05, 0.1) is 5.69 Å². The van der Waals surface area contributed by atoms with Crippen molar-refractivity contribution in [3.8, 4) is 5.75 Å². The largest absolute Gasteiger partial charge is 0.466 e. The van der Waals surface area contributed by atoms with Crippen LogP contribution in [0.2, 0.25) is 0 Å². The van der Waals surface area contributed by atoms with Gasteiger partial charge >= 0.3 is 6.09 Å². The normalized spacial score (nSPS) is 9.31. The average Bonchev–Trinajstić information content (AvgIpc) is 2.08. The summed E-state index contributed by atoms with van der Waals surface area (Å²) in [4.78, 5) is 10.3. The van der Waals surface area contributed by atoms with Gasteiger partial charge in [-0.3, -0.25) is 5.32 Å². The molecule has 1 amide bonds. The predicted molar refractivity (Wildman–Crippen MR) is 45.8 cm³/mol. The second kappa shape index (κ2) is 4.32. The molecule has 0 saturated heterocycles. The molecule has 0 saturated carbocycles. The fourth-order valence-corrected chi connectivity index (χ4v) is 0.881. The number of benzene rings is 1. The van der Waals surface area contributed by atoms with Crippen molar-refractivity contribution < 1.29 is 19.7 Å². The van der Waals surface area contributed by atoms with E-state index in [0.29, 0.717) is 11.4 Å². The lowest BCUT2D eigenvalue weighted by molar-refractivity contribution is 0.0991. The Bertz CT molecular complexity index is 300. The first-order valence-electron chi connectivity index (χ1n) is 3.56. The lowest BCUT2D eigenvalue weighted by Gasteiger charge is -2.07. The summed E-state index contributed by atoms with van der Waals surface area (Å²) >= 11 is 0. The van der Waals surface area contributed by atoms with Crippen LogP contribution in [0.4, 0.5) is 10.5 Å². The number of aliphatic hydroxyl groups excluding tert-OH is 1. The molecule has 1 aromatic rings. The highest BCUT2D eigenvalue weighted by Crippen LogP contribution is 2.22. The summed E-state index contributed by atoms with van der Waals surface area (Å²) < 4.78 is 4.77. The van der Waals surface area contributed by atoms with Crippen molar-refractivity contribution in [3.05, 3.63) is 24.3 Å². The van der Waals surface area contributed by atoms with Crippen LogP contribution in [-0.4, -0.2) is 23.1 Å². The quantitative estimate of drug-likeness (QED) is 0.613. The molecule has 0 fully saturated rings. The molecule has 0 atom stereocenters. The summed E-state index contributed by atoms with van der Waals surface area (Å²) in [6.07, 6.45) is -1.17. The molecule has 0 bridgehead atoms. The van der Waals surface area contributed by atoms with E-state index in [0.717, 1.165) is 0 Å². The van der Waals surface area contributed by atoms with Gasteiger partial charge in [0.2, 0.25) is 0 Å². The first-order valence-corrected chi connectivity index (χ1v) is 3.56. The van der Waals surface area contributed by atoms with Crippen LogP contribution in [0.5, 0.6) is 5.75 Å². The third kappa shape index (κ3) is 2.64. The molecule has 13 heavy (non-hydrogen) atoms. The SMILES string of the molecule is O=C(O)Nc1ccccc1OCO. The molecule has 0 spiro atoms. The maximum absolute atomic E-state index is 10.3. The van der Waals surface area contributed by atoms with Crippen molar-refractivity contribution >= 4 is 11.8 Å². The number of nitrogens with one attached hydrogen (secondary N) is 1. The van der Waals surface area contributed by atoms with Gasteiger partial charge in [-0.15, -0.1) is 0 Å². The summed E-state index contributed by atoms with van der Waals surface area (Å²) in [5.74, 6) is 0.299. The molecule has 70 valence electrons. The summed E-state index contributed by atoms with van der Waals surface area (Å²) in [6.45, 7) is -0.488.